The first-order valence-electron chi connectivity index (χ1n) is 8.96. The van der Waals surface area contributed by atoms with Crippen molar-refractivity contribution in [2.75, 3.05) is 46.4 Å². The van der Waals surface area contributed by atoms with Crippen LogP contribution in [0, 0.1) is 6.92 Å². The summed E-state index contributed by atoms with van der Waals surface area (Å²) >= 11 is 0. The molecule has 6 heteroatoms. The molecule has 0 N–H and O–H groups in total. The molecule has 2 atom stereocenters. The van der Waals surface area contributed by atoms with E-state index in [4.69, 9.17) is 4.74 Å². The Bertz CT molecular complexity index is 623. The van der Waals surface area contributed by atoms with Gasteiger partial charge >= 0.3 is 0 Å². The molecule has 3 rings (SSSR count). The molecule has 2 heterocycles. The van der Waals surface area contributed by atoms with Crippen LogP contribution in [0.3, 0.4) is 0 Å². The highest BCUT2D eigenvalue weighted by atomic mass is 16.5. The van der Waals surface area contributed by atoms with Crippen molar-refractivity contribution >= 4 is 11.8 Å². The van der Waals surface area contributed by atoms with Gasteiger partial charge in [0.1, 0.15) is 6.61 Å². The Hall–Kier alpha value is -1.92. The van der Waals surface area contributed by atoms with Crippen molar-refractivity contribution in [3.8, 4) is 0 Å². The maximum Gasteiger partial charge on any atom is 0.254 e. The lowest BCUT2D eigenvalue weighted by atomic mass is 9.96. The quantitative estimate of drug-likeness (QED) is 0.822. The molecule has 0 radical (unpaired) electrons. The molecule has 2 fully saturated rings. The molecule has 1 aromatic rings. The highest BCUT2D eigenvalue weighted by Crippen LogP contribution is 2.30. The predicted molar refractivity (Wildman–Crippen MR) is 95.1 cm³/mol. The standard InChI is InChI=1S/C19H27N3O3/c1-4-21-9-11-22(12-10-21)19(24)18-17(20(3)16(23)13-25-18)15-7-5-14(2)6-8-15/h5-8,17-18H,4,9-13H2,1-3H3. The monoisotopic (exact) mass is 345 g/mol. The molecule has 0 bridgehead atoms. The van der Waals surface area contributed by atoms with E-state index in [1.54, 1.807) is 11.9 Å². The normalized spacial score (nSPS) is 25.3. The highest BCUT2D eigenvalue weighted by Gasteiger charge is 2.42. The lowest BCUT2D eigenvalue weighted by Gasteiger charge is -2.42. The molecule has 0 saturated carbocycles. The summed E-state index contributed by atoms with van der Waals surface area (Å²) in [6.45, 7) is 8.32. The molecule has 2 aliphatic rings. The zero-order valence-electron chi connectivity index (χ0n) is 15.3. The van der Waals surface area contributed by atoms with Gasteiger partial charge in [-0.05, 0) is 19.0 Å². The third kappa shape index (κ3) is 3.70. The van der Waals surface area contributed by atoms with E-state index >= 15 is 0 Å². The average Bonchev–Trinajstić information content (AvgIpc) is 2.64. The Morgan fingerprint density at radius 1 is 1.16 bits per heavy atom. The number of ether oxygens (including phenoxy) is 1. The number of nitrogens with zero attached hydrogens (tertiary/aromatic N) is 3. The first-order chi connectivity index (χ1) is 12.0. The molecule has 0 aromatic heterocycles. The molecular weight excluding hydrogens is 318 g/mol. The van der Waals surface area contributed by atoms with Crippen LogP contribution in [0.15, 0.2) is 24.3 Å². The number of amides is 2. The minimum Gasteiger partial charge on any atom is -0.356 e. The summed E-state index contributed by atoms with van der Waals surface area (Å²) in [7, 11) is 1.75. The van der Waals surface area contributed by atoms with Crippen molar-refractivity contribution in [1.82, 2.24) is 14.7 Å². The second-order valence-corrected chi connectivity index (χ2v) is 6.85. The topological polar surface area (TPSA) is 53.1 Å². The van der Waals surface area contributed by atoms with E-state index in [1.807, 2.05) is 36.1 Å². The van der Waals surface area contributed by atoms with Gasteiger partial charge in [-0.25, -0.2) is 0 Å². The Balaban J connectivity index is 1.81. The van der Waals surface area contributed by atoms with Crippen LogP contribution < -0.4 is 0 Å². The fourth-order valence-corrected chi connectivity index (χ4v) is 3.55. The van der Waals surface area contributed by atoms with Crippen LogP contribution in [0.2, 0.25) is 0 Å². The summed E-state index contributed by atoms with van der Waals surface area (Å²) in [6.07, 6.45) is -0.640. The molecule has 2 unspecified atom stereocenters. The number of hydrogen-bond acceptors (Lipinski definition) is 4. The van der Waals surface area contributed by atoms with Crippen molar-refractivity contribution in [3.63, 3.8) is 0 Å². The molecule has 2 saturated heterocycles. The smallest absolute Gasteiger partial charge is 0.254 e. The third-order valence-corrected chi connectivity index (χ3v) is 5.28. The first-order valence-corrected chi connectivity index (χ1v) is 8.96. The second-order valence-electron chi connectivity index (χ2n) is 6.85. The van der Waals surface area contributed by atoms with Gasteiger partial charge < -0.3 is 19.4 Å². The van der Waals surface area contributed by atoms with E-state index in [0.29, 0.717) is 13.1 Å². The number of carbonyl (C=O) groups excluding carboxylic acids is 2. The van der Waals surface area contributed by atoms with Gasteiger partial charge in [0.05, 0.1) is 6.04 Å². The van der Waals surface area contributed by atoms with Gasteiger partial charge in [-0.1, -0.05) is 36.8 Å². The number of aryl methyl sites for hydroxylation is 1. The van der Waals surface area contributed by atoms with Crippen LogP contribution in [-0.4, -0.2) is 79.0 Å². The number of hydrogen-bond donors (Lipinski definition) is 0. The van der Waals surface area contributed by atoms with E-state index in [0.717, 1.165) is 30.8 Å². The van der Waals surface area contributed by atoms with E-state index in [9.17, 15) is 9.59 Å². The van der Waals surface area contributed by atoms with Crippen molar-refractivity contribution in [2.45, 2.75) is 26.0 Å². The summed E-state index contributed by atoms with van der Waals surface area (Å²) in [5.74, 6) is -0.105. The minimum absolute atomic E-state index is 0.0133. The van der Waals surface area contributed by atoms with Crippen molar-refractivity contribution in [3.05, 3.63) is 35.4 Å². The number of benzene rings is 1. The zero-order chi connectivity index (χ0) is 18.0. The van der Waals surface area contributed by atoms with E-state index in [-0.39, 0.29) is 24.5 Å². The van der Waals surface area contributed by atoms with E-state index in [1.165, 1.54) is 0 Å². The van der Waals surface area contributed by atoms with Gasteiger partial charge in [-0.2, -0.15) is 0 Å². The number of morpholine rings is 1. The number of piperazine rings is 1. The van der Waals surface area contributed by atoms with Crippen LogP contribution in [0.25, 0.3) is 0 Å². The van der Waals surface area contributed by atoms with Crippen molar-refractivity contribution in [2.24, 2.45) is 0 Å². The molecule has 0 spiro atoms. The maximum absolute atomic E-state index is 13.1. The third-order valence-electron chi connectivity index (χ3n) is 5.28. The summed E-state index contributed by atoms with van der Waals surface area (Å²) < 4.78 is 5.73. The molecule has 136 valence electrons. The SMILES string of the molecule is CCN1CCN(C(=O)C2OCC(=O)N(C)C2c2ccc(C)cc2)CC1. The first kappa shape index (κ1) is 17.9. The second kappa shape index (κ2) is 7.54. The Labute approximate surface area is 149 Å². The van der Waals surface area contributed by atoms with Crippen LogP contribution in [0.5, 0.6) is 0 Å². The molecule has 2 aliphatic heterocycles. The van der Waals surface area contributed by atoms with Crippen LogP contribution in [-0.2, 0) is 14.3 Å². The van der Waals surface area contributed by atoms with Crippen LogP contribution in [0.4, 0.5) is 0 Å². The number of likely N-dealkylation sites (N-methyl/N-ethyl adjacent to an activating group) is 2. The van der Waals surface area contributed by atoms with Crippen LogP contribution in [0.1, 0.15) is 24.1 Å². The summed E-state index contributed by atoms with van der Waals surface area (Å²) in [5, 5.41) is 0. The fraction of sp³-hybridized carbons (Fsp3) is 0.579. The van der Waals surface area contributed by atoms with Crippen molar-refractivity contribution in [1.29, 1.82) is 0 Å². The Kier molecular flexibility index (Phi) is 5.39. The average molecular weight is 345 g/mol. The highest BCUT2D eigenvalue weighted by molar-refractivity contribution is 5.86. The lowest BCUT2D eigenvalue weighted by Crippen LogP contribution is -2.57. The molecular formula is C19H27N3O3. The zero-order valence-corrected chi connectivity index (χ0v) is 15.3. The van der Waals surface area contributed by atoms with Gasteiger partial charge in [0.25, 0.3) is 5.91 Å². The largest absolute Gasteiger partial charge is 0.356 e. The number of carbonyl (C=O) groups is 2. The molecule has 6 nitrogen and oxygen atoms in total. The molecule has 0 aliphatic carbocycles. The van der Waals surface area contributed by atoms with Gasteiger partial charge in [0, 0.05) is 33.2 Å². The van der Waals surface area contributed by atoms with E-state index < -0.39 is 6.10 Å². The Morgan fingerprint density at radius 3 is 2.40 bits per heavy atom. The van der Waals surface area contributed by atoms with Gasteiger partial charge in [-0.15, -0.1) is 0 Å². The number of rotatable bonds is 3. The van der Waals surface area contributed by atoms with Gasteiger partial charge in [-0.3, -0.25) is 9.59 Å². The van der Waals surface area contributed by atoms with Crippen LogP contribution >= 0.6 is 0 Å². The summed E-state index contributed by atoms with van der Waals surface area (Å²) in [4.78, 5) is 31.1. The molecule has 2 amide bonds. The van der Waals surface area contributed by atoms with Crippen molar-refractivity contribution < 1.29 is 14.3 Å². The fourth-order valence-electron chi connectivity index (χ4n) is 3.55. The molecule has 1 aromatic carbocycles. The summed E-state index contributed by atoms with van der Waals surface area (Å²) in [6, 6.07) is 7.59. The Morgan fingerprint density at radius 2 is 1.80 bits per heavy atom. The lowest BCUT2D eigenvalue weighted by molar-refractivity contribution is -0.168. The van der Waals surface area contributed by atoms with Gasteiger partial charge in [0.2, 0.25) is 5.91 Å². The van der Waals surface area contributed by atoms with Gasteiger partial charge in [0.15, 0.2) is 6.10 Å². The molecule has 25 heavy (non-hydrogen) atoms. The predicted octanol–water partition coefficient (Wildman–Crippen LogP) is 1.06. The summed E-state index contributed by atoms with van der Waals surface area (Å²) in [5.41, 5.74) is 2.08. The minimum atomic E-state index is -0.640. The maximum atomic E-state index is 13.1. The van der Waals surface area contributed by atoms with E-state index in [2.05, 4.69) is 11.8 Å².